The highest BCUT2D eigenvalue weighted by Crippen LogP contribution is 2.26. The van der Waals surface area contributed by atoms with Gasteiger partial charge in [0.25, 0.3) is 5.91 Å². The lowest BCUT2D eigenvalue weighted by Gasteiger charge is -2.18. The Balaban J connectivity index is 1.75. The number of carbonyl (C=O) groups excluding carboxylic acids is 2. The van der Waals surface area contributed by atoms with Crippen LogP contribution in [0.25, 0.3) is 21.8 Å². The molecule has 0 aliphatic rings. The molecule has 0 aliphatic carbocycles. The Kier molecular flexibility index (Phi) is 5.39. The van der Waals surface area contributed by atoms with E-state index in [9.17, 15) is 14.0 Å². The third-order valence-corrected chi connectivity index (χ3v) is 4.93. The smallest absolute Gasteiger partial charge is 0.328 e. The molecule has 1 heterocycles. The number of rotatable bonds is 5. The molecule has 0 saturated heterocycles. The number of hydrogen-bond acceptors (Lipinski definition) is 4. The molecule has 0 bridgehead atoms. The Hall–Kier alpha value is -3.80. The van der Waals surface area contributed by atoms with Gasteiger partial charge in [0.1, 0.15) is 11.9 Å². The van der Waals surface area contributed by atoms with Crippen molar-refractivity contribution in [2.75, 3.05) is 7.11 Å². The Morgan fingerprint density at radius 1 is 0.967 bits per heavy atom. The van der Waals surface area contributed by atoms with Crippen molar-refractivity contribution in [3.05, 3.63) is 89.7 Å². The lowest BCUT2D eigenvalue weighted by atomic mass is 10.0. The number of benzene rings is 3. The van der Waals surface area contributed by atoms with Gasteiger partial charge in [0.2, 0.25) is 0 Å². The van der Waals surface area contributed by atoms with Crippen LogP contribution in [0.5, 0.6) is 0 Å². The van der Waals surface area contributed by atoms with E-state index < -0.39 is 23.7 Å². The summed E-state index contributed by atoms with van der Waals surface area (Å²) in [6, 6.07) is 19.6. The number of fused-ring (bicyclic) bond motifs is 2. The van der Waals surface area contributed by atoms with Crippen LogP contribution in [0.15, 0.2) is 72.8 Å². The second-order valence-corrected chi connectivity index (χ2v) is 6.90. The summed E-state index contributed by atoms with van der Waals surface area (Å²) in [5.41, 5.74) is 2.38. The van der Waals surface area contributed by atoms with Crippen LogP contribution in [-0.2, 0) is 16.0 Å². The Morgan fingerprint density at radius 2 is 1.60 bits per heavy atom. The van der Waals surface area contributed by atoms with Crippen LogP contribution in [0.3, 0.4) is 0 Å². The van der Waals surface area contributed by atoms with E-state index in [1.807, 2.05) is 48.5 Å². The molecule has 1 amide bonds. The summed E-state index contributed by atoms with van der Waals surface area (Å²) in [6.45, 7) is 0. The molecule has 150 valence electrons. The second kappa shape index (κ2) is 8.29. The number of nitrogens with one attached hydrogen (secondary N) is 1. The third kappa shape index (κ3) is 3.85. The quantitative estimate of drug-likeness (QED) is 0.404. The van der Waals surface area contributed by atoms with Crippen molar-refractivity contribution in [1.82, 2.24) is 10.3 Å². The molecule has 4 rings (SSSR count). The predicted octanol–water partition coefficient (Wildman–Crippen LogP) is 4.04. The zero-order valence-corrected chi connectivity index (χ0v) is 16.3. The molecule has 0 spiro atoms. The Labute approximate surface area is 172 Å². The number of ether oxygens (including phenoxy) is 1. The molecule has 1 aromatic heterocycles. The largest absolute Gasteiger partial charge is 0.467 e. The van der Waals surface area contributed by atoms with E-state index in [0.717, 1.165) is 0 Å². The Bertz CT molecular complexity index is 1200. The van der Waals surface area contributed by atoms with E-state index in [4.69, 9.17) is 4.74 Å². The van der Waals surface area contributed by atoms with Crippen molar-refractivity contribution < 1.29 is 18.7 Å². The number of carbonyl (C=O) groups is 2. The number of esters is 1. The fourth-order valence-corrected chi connectivity index (χ4v) is 3.55. The first-order valence-electron chi connectivity index (χ1n) is 9.47. The molecule has 0 radical (unpaired) electrons. The van der Waals surface area contributed by atoms with Crippen molar-refractivity contribution in [3.63, 3.8) is 0 Å². The number of methoxy groups -OCH3 is 1. The summed E-state index contributed by atoms with van der Waals surface area (Å²) in [5.74, 6) is -1.43. The zero-order valence-electron chi connectivity index (χ0n) is 16.3. The number of amides is 1. The minimum atomic E-state index is -0.963. The molecule has 4 aromatic rings. The van der Waals surface area contributed by atoms with Gasteiger partial charge in [-0.15, -0.1) is 0 Å². The first kappa shape index (κ1) is 19.5. The van der Waals surface area contributed by atoms with Crippen LogP contribution < -0.4 is 5.32 Å². The normalized spacial score (nSPS) is 11.9. The van der Waals surface area contributed by atoms with Crippen molar-refractivity contribution in [2.24, 2.45) is 0 Å². The summed E-state index contributed by atoms with van der Waals surface area (Å²) in [4.78, 5) is 30.3. The second-order valence-electron chi connectivity index (χ2n) is 6.90. The first-order chi connectivity index (χ1) is 14.6. The molecule has 5 nitrogen and oxygen atoms in total. The minimum absolute atomic E-state index is 0.108. The molecule has 3 aromatic carbocycles. The van der Waals surface area contributed by atoms with Gasteiger partial charge in [-0.3, -0.25) is 4.79 Å². The van der Waals surface area contributed by atoms with E-state index in [-0.39, 0.29) is 6.42 Å². The summed E-state index contributed by atoms with van der Waals surface area (Å²) in [5, 5.41) is 4.14. The van der Waals surface area contributed by atoms with Crippen LogP contribution in [-0.4, -0.2) is 30.0 Å². The van der Waals surface area contributed by atoms with Gasteiger partial charge < -0.3 is 10.1 Å². The van der Waals surface area contributed by atoms with Gasteiger partial charge in [-0.25, -0.2) is 14.2 Å². The highest BCUT2D eigenvalue weighted by molar-refractivity contribution is 6.16. The molecular weight excluding hydrogens is 383 g/mol. The number of aromatic nitrogens is 1. The van der Waals surface area contributed by atoms with E-state index >= 15 is 0 Å². The molecule has 0 saturated carbocycles. The summed E-state index contributed by atoms with van der Waals surface area (Å²) in [7, 11) is 1.25. The fraction of sp³-hybridized carbons (Fsp3) is 0.125. The molecule has 1 atom stereocenters. The number of hydrogen-bond donors (Lipinski definition) is 1. The molecular formula is C24H19FN2O3. The number of halogens is 1. The van der Waals surface area contributed by atoms with E-state index in [0.29, 0.717) is 32.9 Å². The van der Waals surface area contributed by atoms with Gasteiger partial charge in [0.05, 0.1) is 23.7 Å². The van der Waals surface area contributed by atoms with Crippen molar-refractivity contribution in [3.8, 4) is 0 Å². The van der Waals surface area contributed by atoms with Gasteiger partial charge in [0.15, 0.2) is 0 Å². The molecule has 1 N–H and O–H groups in total. The maximum Gasteiger partial charge on any atom is 0.328 e. The highest BCUT2D eigenvalue weighted by Gasteiger charge is 2.25. The average Bonchev–Trinajstić information content (AvgIpc) is 2.76. The first-order valence-corrected chi connectivity index (χ1v) is 9.47. The zero-order chi connectivity index (χ0) is 21.1. The SMILES string of the molecule is COC(=O)[C@@H](Cc1cccc(F)c1)NC(=O)c1c2ccccc2nc2ccccc12. The molecule has 0 aliphatic heterocycles. The summed E-state index contributed by atoms with van der Waals surface area (Å²) >= 11 is 0. The topological polar surface area (TPSA) is 68.3 Å². The number of pyridine rings is 1. The fourth-order valence-electron chi connectivity index (χ4n) is 3.55. The average molecular weight is 402 g/mol. The monoisotopic (exact) mass is 402 g/mol. The maximum atomic E-state index is 13.6. The molecule has 0 unspecified atom stereocenters. The summed E-state index contributed by atoms with van der Waals surface area (Å²) in [6.07, 6.45) is 0.108. The lowest BCUT2D eigenvalue weighted by Crippen LogP contribution is -2.43. The van der Waals surface area contributed by atoms with Crippen molar-refractivity contribution in [1.29, 1.82) is 0 Å². The van der Waals surface area contributed by atoms with Crippen LogP contribution in [0, 0.1) is 5.82 Å². The minimum Gasteiger partial charge on any atom is -0.467 e. The number of nitrogens with zero attached hydrogens (tertiary/aromatic N) is 1. The molecule has 30 heavy (non-hydrogen) atoms. The van der Waals surface area contributed by atoms with Gasteiger partial charge in [-0.2, -0.15) is 0 Å². The predicted molar refractivity (Wildman–Crippen MR) is 113 cm³/mol. The maximum absolute atomic E-state index is 13.6. The van der Waals surface area contributed by atoms with Gasteiger partial charge in [-0.1, -0.05) is 48.5 Å². The van der Waals surface area contributed by atoms with Crippen molar-refractivity contribution >= 4 is 33.7 Å². The van der Waals surface area contributed by atoms with E-state index in [1.54, 1.807) is 12.1 Å². The standard InChI is InChI=1S/C24H19FN2O3/c1-30-24(29)21(14-15-7-6-8-16(25)13-15)27-23(28)22-17-9-2-4-11-19(17)26-20-12-5-3-10-18(20)22/h2-13,21H,14H2,1H3,(H,27,28)/t21-/m1/s1. The van der Waals surface area contributed by atoms with Gasteiger partial charge in [0, 0.05) is 17.2 Å². The molecule has 0 fully saturated rings. The third-order valence-electron chi connectivity index (χ3n) is 4.93. The highest BCUT2D eigenvalue weighted by atomic mass is 19.1. The Morgan fingerprint density at radius 3 is 2.20 bits per heavy atom. The van der Waals surface area contributed by atoms with Crippen molar-refractivity contribution in [2.45, 2.75) is 12.5 Å². The van der Waals surface area contributed by atoms with Crippen LogP contribution in [0.2, 0.25) is 0 Å². The van der Waals surface area contributed by atoms with Crippen LogP contribution >= 0.6 is 0 Å². The van der Waals surface area contributed by atoms with Gasteiger partial charge in [-0.05, 0) is 29.8 Å². The summed E-state index contributed by atoms with van der Waals surface area (Å²) < 4.78 is 18.4. The van der Waals surface area contributed by atoms with E-state index in [1.165, 1.54) is 19.2 Å². The lowest BCUT2D eigenvalue weighted by molar-refractivity contribution is -0.142. The van der Waals surface area contributed by atoms with Gasteiger partial charge >= 0.3 is 5.97 Å². The number of para-hydroxylation sites is 2. The van der Waals surface area contributed by atoms with Crippen LogP contribution in [0.4, 0.5) is 4.39 Å². The van der Waals surface area contributed by atoms with E-state index in [2.05, 4.69) is 10.3 Å². The van der Waals surface area contributed by atoms with Crippen LogP contribution in [0.1, 0.15) is 15.9 Å². The molecule has 6 heteroatoms.